The highest BCUT2D eigenvalue weighted by molar-refractivity contribution is 6.32. The van der Waals surface area contributed by atoms with E-state index in [9.17, 15) is 4.79 Å². The number of benzene rings is 1. The fraction of sp³-hybridized carbons (Fsp3) is 0.611. The summed E-state index contributed by atoms with van der Waals surface area (Å²) in [6.45, 7) is 4.91. The number of nitrogens with zero attached hydrogens (tertiary/aromatic N) is 2. The van der Waals surface area contributed by atoms with Gasteiger partial charge < -0.3 is 24.4 Å². The van der Waals surface area contributed by atoms with E-state index >= 15 is 0 Å². The molecule has 0 spiro atoms. The normalized spacial score (nSPS) is 20.9. The minimum Gasteiger partial charge on any atom is -0.495 e. The number of ether oxygens (including phenoxy) is 3. The van der Waals surface area contributed by atoms with Crippen molar-refractivity contribution in [2.24, 2.45) is 0 Å². The summed E-state index contributed by atoms with van der Waals surface area (Å²) in [6.07, 6.45) is 2.64. The number of amides is 2. The van der Waals surface area contributed by atoms with Gasteiger partial charge in [0.1, 0.15) is 11.5 Å². The molecule has 26 heavy (non-hydrogen) atoms. The smallest absolute Gasteiger partial charge is 0.322 e. The second-order valence-corrected chi connectivity index (χ2v) is 6.95. The van der Waals surface area contributed by atoms with E-state index in [1.165, 1.54) is 14.2 Å². The van der Waals surface area contributed by atoms with Gasteiger partial charge >= 0.3 is 6.03 Å². The van der Waals surface area contributed by atoms with Crippen LogP contribution in [0.1, 0.15) is 12.8 Å². The predicted molar refractivity (Wildman–Crippen MR) is 101 cm³/mol. The number of hydrogen-bond donors (Lipinski definition) is 1. The van der Waals surface area contributed by atoms with Crippen LogP contribution >= 0.6 is 11.6 Å². The number of nitrogens with one attached hydrogen (secondary N) is 1. The lowest BCUT2D eigenvalue weighted by Gasteiger charge is -2.35. The summed E-state index contributed by atoms with van der Waals surface area (Å²) in [5.41, 5.74) is 0.542. The molecule has 1 aromatic rings. The third-order valence-electron chi connectivity index (χ3n) is 4.86. The Morgan fingerprint density at radius 2 is 1.96 bits per heavy atom. The Morgan fingerprint density at radius 1 is 1.23 bits per heavy atom. The molecular formula is C18H26ClN3O4. The number of carbonyl (C=O) groups is 1. The first-order chi connectivity index (χ1) is 12.6. The van der Waals surface area contributed by atoms with Crippen LogP contribution in [0.2, 0.25) is 5.02 Å². The van der Waals surface area contributed by atoms with Gasteiger partial charge in [-0.1, -0.05) is 11.6 Å². The third-order valence-corrected chi connectivity index (χ3v) is 5.16. The number of anilines is 1. The molecule has 1 unspecified atom stereocenters. The van der Waals surface area contributed by atoms with Crippen molar-refractivity contribution in [3.63, 3.8) is 0 Å². The summed E-state index contributed by atoms with van der Waals surface area (Å²) in [5, 5.41) is 3.34. The molecular weight excluding hydrogens is 358 g/mol. The number of methoxy groups -OCH3 is 2. The SMILES string of the molecule is COc1cc(NC(=O)N2CCN(CC3CCCO3)CC2)c(OC)cc1Cl. The zero-order chi connectivity index (χ0) is 18.5. The predicted octanol–water partition coefficient (Wildman–Crippen LogP) is 2.69. The first-order valence-corrected chi connectivity index (χ1v) is 9.30. The van der Waals surface area contributed by atoms with Crippen LogP contribution in [0.5, 0.6) is 11.5 Å². The summed E-state index contributed by atoms with van der Waals surface area (Å²) in [6, 6.07) is 3.16. The Kier molecular flexibility index (Phi) is 6.45. The van der Waals surface area contributed by atoms with Gasteiger partial charge in [-0.25, -0.2) is 4.79 Å². The summed E-state index contributed by atoms with van der Waals surface area (Å²) in [5.74, 6) is 0.991. The van der Waals surface area contributed by atoms with E-state index in [-0.39, 0.29) is 6.03 Å². The first kappa shape index (κ1) is 19.1. The van der Waals surface area contributed by atoms with E-state index < -0.39 is 0 Å². The lowest BCUT2D eigenvalue weighted by Crippen LogP contribution is -2.51. The summed E-state index contributed by atoms with van der Waals surface area (Å²) in [7, 11) is 3.07. The fourth-order valence-electron chi connectivity index (χ4n) is 3.36. The van der Waals surface area contributed by atoms with E-state index in [2.05, 4.69) is 10.2 Å². The molecule has 1 aromatic carbocycles. The largest absolute Gasteiger partial charge is 0.495 e. The van der Waals surface area contributed by atoms with Crippen molar-refractivity contribution in [3.8, 4) is 11.5 Å². The van der Waals surface area contributed by atoms with E-state index in [1.54, 1.807) is 12.1 Å². The summed E-state index contributed by atoms with van der Waals surface area (Å²) < 4.78 is 16.2. The molecule has 7 nitrogen and oxygen atoms in total. The first-order valence-electron chi connectivity index (χ1n) is 8.92. The second kappa shape index (κ2) is 8.79. The Balaban J connectivity index is 1.55. The second-order valence-electron chi connectivity index (χ2n) is 6.54. The lowest BCUT2D eigenvalue weighted by molar-refractivity contribution is 0.0571. The molecule has 2 saturated heterocycles. The average Bonchev–Trinajstić information content (AvgIpc) is 3.16. The number of rotatable bonds is 5. The van der Waals surface area contributed by atoms with Gasteiger partial charge in [0.05, 0.1) is 31.0 Å². The molecule has 1 atom stereocenters. The van der Waals surface area contributed by atoms with Crippen molar-refractivity contribution >= 4 is 23.3 Å². The Morgan fingerprint density at radius 3 is 2.58 bits per heavy atom. The van der Waals surface area contributed by atoms with Crippen molar-refractivity contribution in [3.05, 3.63) is 17.2 Å². The van der Waals surface area contributed by atoms with Crippen molar-refractivity contribution in [2.45, 2.75) is 18.9 Å². The van der Waals surface area contributed by atoms with E-state index in [0.29, 0.717) is 41.4 Å². The maximum Gasteiger partial charge on any atom is 0.322 e. The highest BCUT2D eigenvalue weighted by Crippen LogP contribution is 2.36. The Labute approximate surface area is 159 Å². The van der Waals surface area contributed by atoms with Gasteiger partial charge in [-0.3, -0.25) is 4.90 Å². The van der Waals surface area contributed by atoms with Gasteiger partial charge in [-0.15, -0.1) is 0 Å². The van der Waals surface area contributed by atoms with Gasteiger partial charge in [0.15, 0.2) is 0 Å². The number of carbonyl (C=O) groups excluding carboxylic acids is 1. The van der Waals surface area contributed by atoms with Crippen LogP contribution in [-0.2, 0) is 4.74 Å². The van der Waals surface area contributed by atoms with Gasteiger partial charge in [0.2, 0.25) is 0 Å². The van der Waals surface area contributed by atoms with Crippen molar-refractivity contribution in [1.29, 1.82) is 0 Å². The third kappa shape index (κ3) is 4.52. The monoisotopic (exact) mass is 383 g/mol. The molecule has 2 aliphatic heterocycles. The number of urea groups is 1. The summed E-state index contributed by atoms with van der Waals surface area (Å²) in [4.78, 5) is 16.8. The molecule has 8 heteroatoms. The Bertz CT molecular complexity index is 629. The van der Waals surface area contributed by atoms with Crippen LogP contribution in [0, 0.1) is 0 Å². The van der Waals surface area contributed by atoms with E-state index in [1.807, 2.05) is 4.90 Å². The van der Waals surface area contributed by atoms with Crippen LogP contribution in [-0.4, -0.2) is 75.5 Å². The molecule has 0 saturated carbocycles. The Hall–Kier alpha value is -1.70. The standard InChI is InChI=1S/C18H26ClN3O4/c1-24-16-11-15(17(25-2)10-14(16)19)20-18(23)22-7-5-21(6-8-22)12-13-4-3-9-26-13/h10-11,13H,3-9,12H2,1-2H3,(H,20,23). The van der Waals surface area contributed by atoms with Crippen LogP contribution < -0.4 is 14.8 Å². The molecule has 144 valence electrons. The molecule has 0 aromatic heterocycles. The molecule has 0 bridgehead atoms. The van der Waals surface area contributed by atoms with E-state index in [4.69, 9.17) is 25.8 Å². The lowest BCUT2D eigenvalue weighted by atomic mass is 10.2. The summed E-state index contributed by atoms with van der Waals surface area (Å²) >= 11 is 6.11. The molecule has 2 aliphatic rings. The molecule has 2 fully saturated rings. The van der Waals surface area contributed by atoms with Crippen LogP contribution in [0.15, 0.2) is 12.1 Å². The maximum atomic E-state index is 12.6. The highest BCUT2D eigenvalue weighted by Gasteiger charge is 2.25. The fourth-order valence-corrected chi connectivity index (χ4v) is 3.59. The quantitative estimate of drug-likeness (QED) is 0.847. The molecule has 0 radical (unpaired) electrons. The highest BCUT2D eigenvalue weighted by atomic mass is 35.5. The van der Waals surface area contributed by atoms with Gasteiger partial charge in [-0.2, -0.15) is 0 Å². The molecule has 1 N–H and O–H groups in total. The average molecular weight is 384 g/mol. The molecule has 2 amide bonds. The zero-order valence-corrected chi connectivity index (χ0v) is 16.1. The molecule has 2 heterocycles. The number of hydrogen-bond acceptors (Lipinski definition) is 5. The van der Waals surface area contributed by atoms with Crippen molar-refractivity contribution in [2.75, 3.05) is 58.9 Å². The molecule has 3 rings (SSSR count). The number of halogens is 1. The van der Waals surface area contributed by atoms with E-state index in [0.717, 1.165) is 39.1 Å². The van der Waals surface area contributed by atoms with Gasteiger partial charge in [0, 0.05) is 51.5 Å². The van der Waals surface area contributed by atoms with Crippen LogP contribution in [0.25, 0.3) is 0 Å². The van der Waals surface area contributed by atoms with Crippen LogP contribution in [0.3, 0.4) is 0 Å². The van der Waals surface area contributed by atoms with Gasteiger partial charge in [-0.05, 0) is 12.8 Å². The van der Waals surface area contributed by atoms with Crippen molar-refractivity contribution < 1.29 is 19.0 Å². The number of piperazine rings is 1. The topological polar surface area (TPSA) is 63.3 Å². The zero-order valence-electron chi connectivity index (χ0n) is 15.3. The van der Waals surface area contributed by atoms with Crippen molar-refractivity contribution in [1.82, 2.24) is 9.80 Å². The molecule has 0 aliphatic carbocycles. The minimum absolute atomic E-state index is 0.149. The van der Waals surface area contributed by atoms with Crippen LogP contribution in [0.4, 0.5) is 10.5 Å². The maximum absolute atomic E-state index is 12.6. The minimum atomic E-state index is -0.149. The van der Waals surface area contributed by atoms with Gasteiger partial charge in [0.25, 0.3) is 0 Å².